The molecule has 0 unspecified atom stereocenters. The number of anilines is 1. The van der Waals surface area contributed by atoms with Crippen molar-refractivity contribution in [3.05, 3.63) is 36.2 Å². The summed E-state index contributed by atoms with van der Waals surface area (Å²) in [6, 6.07) is 3.82. The predicted molar refractivity (Wildman–Crippen MR) is 67.5 cm³/mol. The molecule has 0 spiro atoms. The lowest BCUT2D eigenvalue weighted by atomic mass is 10.1. The van der Waals surface area contributed by atoms with Crippen LogP contribution in [0.25, 0.3) is 0 Å². The van der Waals surface area contributed by atoms with Crippen LogP contribution in [0, 0.1) is 0 Å². The molecule has 0 aliphatic carbocycles. The zero-order valence-corrected chi connectivity index (χ0v) is 10.7. The Hall–Kier alpha value is -2.35. The molecular formula is C11H11N3O4S. The summed E-state index contributed by atoms with van der Waals surface area (Å²) in [4.78, 5) is 11.4. The third-order valence-electron chi connectivity index (χ3n) is 2.41. The number of aromatic nitrogens is 2. The highest BCUT2D eigenvalue weighted by Crippen LogP contribution is 2.24. The number of carbonyl (C=O) groups excluding carboxylic acids is 1. The van der Waals surface area contributed by atoms with Crippen LogP contribution in [0.2, 0.25) is 0 Å². The number of aromatic hydroxyl groups is 1. The summed E-state index contributed by atoms with van der Waals surface area (Å²) in [7, 11) is -3.82. The smallest absolute Gasteiger partial charge is 0.265 e. The highest BCUT2D eigenvalue weighted by molar-refractivity contribution is 7.92. The Morgan fingerprint density at radius 3 is 2.74 bits per heavy atom. The van der Waals surface area contributed by atoms with Crippen LogP contribution in [-0.4, -0.2) is 29.5 Å². The van der Waals surface area contributed by atoms with Crippen LogP contribution in [0.5, 0.6) is 5.75 Å². The monoisotopic (exact) mass is 281 g/mol. The van der Waals surface area contributed by atoms with Crippen molar-refractivity contribution >= 4 is 21.5 Å². The maximum Gasteiger partial charge on any atom is 0.265 e. The number of hydrogen-bond acceptors (Lipinski definition) is 5. The topological polar surface area (TPSA) is 112 Å². The molecule has 1 heterocycles. The average molecular weight is 281 g/mol. The number of rotatable bonds is 4. The fraction of sp³-hybridized carbons (Fsp3) is 0.0909. The molecule has 0 bridgehead atoms. The third-order valence-corrected chi connectivity index (χ3v) is 3.74. The van der Waals surface area contributed by atoms with Crippen LogP contribution in [-0.2, 0) is 10.0 Å². The average Bonchev–Trinajstić information content (AvgIpc) is 2.85. The molecule has 1 aromatic heterocycles. The summed E-state index contributed by atoms with van der Waals surface area (Å²) in [5.41, 5.74) is 0.193. The second-order valence-corrected chi connectivity index (χ2v) is 5.51. The second kappa shape index (κ2) is 4.73. The third kappa shape index (κ3) is 2.74. The Morgan fingerprint density at radius 2 is 2.16 bits per heavy atom. The molecule has 19 heavy (non-hydrogen) atoms. The van der Waals surface area contributed by atoms with Gasteiger partial charge in [-0.1, -0.05) is 0 Å². The number of nitrogens with zero attached hydrogens (tertiary/aromatic N) is 1. The molecule has 0 radical (unpaired) electrons. The van der Waals surface area contributed by atoms with Crippen molar-refractivity contribution in [1.82, 2.24) is 10.2 Å². The van der Waals surface area contributed by atoms with Crippen LogP contribution in [0.4, 0.5) is 5.69 Å². The summed E-state index contributed by atoms with van der Waals surface area (Å²) < 4.78 is 26.2. The maximum absolute atomic E-state index is 12.0. The van der Waals surface area contributed by atoms with Crippen molar-refractivity contribution in [3.63, 3.8) is 0 Å². The van der Waals surface area contributed by atoms with Crippen molar-refractivity contribution in [2.75, 3.05) is 4.72 Å². The number of carbonyl (C=O) groups is 1. The quantitative estimate of drug-likeness (QED) is 0.574. The van der Waals surface area contributed by atoms with E-state index in [0.717, 1.165) is 6.20 Å². The largest absolute Gasteiger partial charge is 0.508 e. The Morgan fingerprint density at radius 1 is 1.42 bits per heavy atom. The normalized spacial score (nSPS) is 11.2. The molecule has 0 saturated carbocycles. The Labute approximate surface area is 109 Å². The summed E-state index contributed by atoms with van der Waals surface area (Å²) in [5.74, 6) is -0.475. The van der Waals surface area contributed by atoms with E-state index >= 15 is 0 Å². The van der Waals surface area contributed by atoms with Gasteiger partial charge in [-0.05, 0) is 25.1 Å². The molecule has 100 valence electrons. The number of nitrogens with one attached hydrogen (secondary N) is 2. The molecule has 0 saturated heterocycles. The molecule has 0 atom stereocenters. The van der Waals surface area contributed by atoms with E-state index in [2.05, 4.69) is 14.9 Å². The molecule has 0 amide bonds. The minimum absolute atomic E-state index is 0.0462. The first-order valence-corrected chi connectivity index (χ1v) is 6.74. The van der Waals surface area contributed by atoms with Gasteiger partial charge in [0.15, 0.2) is 5.78 Å². The van der Waals surface area contributed by atoms with Crippen LogP contribution >= 0.6 is 0 Å². The number of phenols is 1. The van der Waals surface area contributed by atoms with Crippen LogP contribution in [0.15, 0.2) is 35.5 Å². The zero-order valence-electron chi connectivity index (χ0n) is 9.91. The molecule has 0 aliphatic heterocycles. The van der Waals surface area contributed by atoms with Crippen molar-refractivity contribution in [2.24, 2.45) is 0 Å². The lowest BCUT2D eigenvalue weighted by molar-refractivity contribution is 0.101. The number of benzene rings is 1. The molecule has 2 aromatic rings. The zero-order chi connectivity index (χ0) is 14.0. The number of aromatic amines is 1. The summed E-state index contributed by atoms with van der Waals surface area (Å²) in [5, 5.41) is 15.3. The fourth-order valence-electron chi connectivity index (χ4n) is 1.50. The number of phenolic OH excluding ortho intramolecular Hbond substituents is 1. The van der Waals surface area contributed by atoms with Crippen LogP contribution in [0.1, 0.15) is 17.3 Å². The van der Waals surface area contributed by atoms with Gasteiger partial charge in [0.2, 0.25) is 0 Å². The van der Waals surface area contributed by atoms with Crippen LogP contribution in [0.3, 0.4) is 0 Å². The molecule has 8 heteroatoms. The number of H-pyrrole nitrogens is 1. The fourth-order valence-corrected chi connectivity index (χ4v) is 2.49. The highest BCUT2D eigenvalue weighted by Gasteiger charge is 2.18. The van der Waals surface area contributed by atoms with Gasteiger partial charge in [-0.15, -0.1) is 0 Å². The van der Waals surface area contributed by atoms with E-state index in [9.17, 15) is 18.3 Å². The van der Waals surface area contributed by atoms with Crippen molar-refractivity contribution in [2.45, 2.75) is 11.8 Å². The first-order valence-electron chi connectivity index (χ1n) is 5.26. The van der Waals surface area contributed by atoms with E-state index in [1.165, 1.54) is 31.3 Å². The van der Waals surface area contributed by atoms with Gasteiger partial charge in [0.05, 0.1) is 11.9 Å². The van der Waals surface area contributed by atoms with E-state index in [4.69, 9.17) is 0 Å². The number of hydrogen-bond donors (Lipinski definition) is 3. The van der Waals surface area contributed by atoms with Crippen molar-refractivity contribution < 1.29 is 18.3 Å². The van der Waals surface area contributed by atoms with E-state index in [1.807, 2.05) is 0 Å². The number of Topliss-reactive ketones (excluding diaryl/α,β-unsaturated/α-hetero) is 1. The summed E-state index contributed by atoms with van der Waals surface area (Å²) in [6.07, 6.45) is 2.37. The molecule has 2 rings (SSSR count). The predicted octanol–water partition coefficient (Wildman–Crippen LogP) is 1.12. The molecule has 3 N–H and O–H groups in total. The van der Waals surface area contributed by atoms with Gasteiger partial charge in [-0.3, -0.25) is 14.6 Å². The van der Waals surface area contributed by atoms with Crippen molar-refractivity contribution in [1.29, 1.82) is 0 Å². The van der Waals surface area contributed by atoms with Crippen molar-refractivity contribution in [3.8, 4) is 5.75 Å². The van der Waals surface area contributed by atoms with Gasteiger partial charge in [0.25, 0.3) is 10.0 Å². The Bertz CT molecular complexity index is 708. The molecule has 1 aromatic carbocycles. The summed E-state index contributed by atoms with van der Waals surface area (Å²) in [6.45, 7) is 1.28. The summed E-state index contributed by atoms with van der Waals surface area (Å²) >= 11 is 0. The minimum atomic E-state index is -3.82. The van der Waals surface area contributed by atoms with E-state index in [0.29, 0.717) is 0 Å². The highest BCUT2D eigenvalue weighted by atomic mass is 32.2. The van der Waals surface area contributed by atoms with Gasteiger partial charge in [-0.25, -0.2) is 8.42 Å². The van der Waals surface area contributed by atoms with Gasteiger partial charge >= 0.3 is 0 Å². The van der Waals surface area contributed by atoms with E-state index < -0.39 is 10.0 Å². The Kier molecular flexibility index (Phi) is 3.26. The van der Waals surface area contributed by atoms with Crippen LogP contribution < -0.4 is 4.72 Å². The van der Waals surface area contributed by atoms with E-state index in [1.54, 1.807) is 0 Å². The maximum atomic E-state index is 12.0. The first kappa shape index (κ1) is 13.1. The molecule has 0 fully saturated rings. The number of sulfonamides is 1. The van der Waals surface area contributed by atoms with Gasteiger partial charge in [-0.2, -0.15) is 5.10 Å². The van der Waals surface area contributed by atoms with Gasteiger partial charge < -0.3 is 5.11 Å². The number of ketones is 1. The van der Waals surface area contributed by atoms with Gasteiger partial charge in [0, 0.05) is 11.8 Å². The lowest BCUT2D eigenvalue weighted by Gasteiger charge is -2.10. The molecular weight excluding hydrogens is 270 g/mol. The standard InChI is InChI=1S/C11H11N3O4S/c1-7(15)10-4-8(16)2-3-11(10)14-19(17,18)9-5-12-13-6-9/h2-6,14,16H,1H3,(H,12,13). The second-order valence-electron chi connectivity index (χ2n) is 3.83. The first-order chi connectivity index (χ1) is 8.90. The SMILES string of the molecule is CC(=O)c1cc(O)ccc1NS(=O)(=O)c1cn[nH]c1. The molecule has 0 aliphatic rings. The van der Waals surface area contributed by atoms with E-state index in [-0.39, 0.29) is 27.7 Å². The Balaban J connectivity index is 2.42. The molecule has 7 nitrogen and oxygen atoms in total. The minimum Gasteiger partial charge on any atom is -0.508 e. The lowest BCUT2D eigenvalue weighted by Crippen LogP contribution is -2.14. The van der Waals surface area contributed by atoms with Gasteiger partial charge in [0.1, 0.15) is 10.6 Å².